The van der Waals surface area contributed by atoms with Gasteiger partial charge in [0.1, 0.15) is 0 Å². The van der Waals surface area contributed by atoms with Crippen LogP contribution in [0.5, 0.6) is 0 Å². The molecular formula is C20H18ClN7O. The van der Waals surface area contributed by atoms with E-state index in [1.807, 2.05) is 37.3 Å². The van der Waals surface area contributed by atoms with Crippen LogP contribution in [0.3, 0.4) is 0 Å². The molecule has 0 saturated carbocycles. The number of aromatic nitrogens is 6. The number of hydrogen-bond donors (Lipinski definition) is 0. The second-order valence-corrected chi connectivity index (χ2v) is 7.19. The zero-order valence-electron chi connectivity index (χ0n) is 15.8. The zero-order valence-corrected chi connectivity index (χ0v) is 16.5. The number of rotatable bonds is 3. The minimum Gasteiger partial charge on any atom is -0.378 e. The third-order valence-corrected chi connectivity index (χ3v) is 5.17. The maximum Gasteiger partial charge on any atom is 0.252 e. The zero-order chi connectivity index (χ0) is 19.8. The summed E-state index contributed by atoms with van der Waals surface area (Å²) in [6, 6.07) is 9.32. The summed E-state index contributed by atoms with van der Waals surface area (Å²) in [5, 5.41) is 5.32. The Hall–Kier alpha value is -3.10. The predicted molar refractivity (Wildman–Crippen MR) is 110 cm³/mol. The summed E-state index contributed by atoms with van der Waals surface area (Å²) in [4.78, 5) is 20.3. The summed E-state index contributed by atoms with van der Waals surface area (Å²) in [6.07, 6.45) is 3.56. The predicted octanol–water partition coefficient (Wildman–Crippen LogP) is 3.05. The summed E-state index contributed by atoms with van der Waals surface area (Å²) in [5.41, 5.74) is 3.49. The highest BCUT2D eigenvalue weighted by molar-refractivity contribution is 6.30. The van der Waals surface area contributed by atoms with Crippen molar-refractivity contribution in [1.29, 1.82) is 0 Å². The first-order valence-corrected chi connectivity index (χ1v) is 9.71. The Morgan fingerprint density at radius 1 is 1.00 bits per heavy atom. The lowest BCUT2D eigenvalue weighted by molar-refractivity contribution is 0.122. The van der Waals surface area contributed by atoms with Gasteiger partial charge in [-0.05, 0) is 37.3 Å². The van der Waals surface area contributed by atoms with Gasteiger partial charge in [-0.15, -0.1) is 5.10 Å². The molecule has 5 rings (SSSR count). The molecule has 1 aliphatic heterocycles. The highest BCUT2D eigenvalue weighted by atomic mass is 35.5. The van der Waals surface area contributed by atoms with E-state index in [1.165, 1.54) is 0 Å². The van der Waals surface area contributed by atoms with Crippen LogP contribution in [0.25, 0.3) is 28.4 Å². The van der Waals surface area contributed by atoms with E-state index in [2.05, 4.69) is 25.0 Å². The number of benzene rings is 1. The Morgan fingerprint density at radius 3 is 2.59 bits per heavy atom. The van der Waals surface area contributed by atoms with Crippen molar-refractivity contribution in [1.82, 2.24) is 29.5 Å². The van der Waals surface area contributed by atoms with Crippen molar-refractivity contribution in [2.75, 3.05) is 31.2 Å². The van der Waals surface area contributed by atoms with E-state index < -0.39 is 0 Å². The molecule has 0 N–H and O–H groups in total. The fraction of sp³-hybridized carbons (Fsp3) is 0.250. The minimum absolute atomic E-state index is 0.540. The molecule has 9 heteroatoms. The van der Waals surface area contributed by atoms with Gasteiger partial charge in [-0.3, -0.25) is 0 Å². The van der Waals surface area contributed by atoms with E-state index in [-0.39, 0.29) is 0 Å². The molecule has 0 radical (unpaired) electrons. The van der Waals surface area contributed by atoms with Gasteiger partial charge < -0.3 is 9.64 Å². The standard InChI is InChI=1S/C20H18ClN7O/c1-13-16(17-6-7-22-19(24-17)27-8-10-29-11-9-27)12-23-20-25-18(26-28(13)20)14-2-4-15(21)5-3-14/h2-7,12H,8-11H2,1H3. The molecule has 1 fully saturated rings. The summed E-state index contributed by atoms with van der Waals surface area (Å²) in [6.45, 7) is 4.93. The highest BCUT2D eigenvalue weighted by Gasteiger charge is 2.17. The number of fused-ring (bicyclic) bond motifs is 1. The molecule has 8 nitrogen and oxygen atoms in total. The first-order valence-electron chi connectivity index (χ1n) is 9.33. The minimum atomic E-state index is 0.540. The Morgan fingerprint density at radius 2 is 1.79 bits per heavy atom. The van der Waals surface area contributed by atoms with Crippen molar-refractivity contribution in [2.24, 2.45) is 0 Å². The average Bonchev–Trinajstić information content (AvgIpc) is 3.21. The van der Waals surface area contributed by atoms with Gasteiger partial charge in [0, 0.05) is 41.6 Å². The number of halogens is 1. The van der Waals surface area contributed by atoms with Gasteiger partial charge in [-0.2, -0.15) is 4.98 Å². The highest BCUT2D eigenvalue weighted by Crippen LogP contribution is 2.24. The van der Waals surface area contributed by atoms with E-state index >= 15 is 0 Å². The van der Waals surface area contributed by atoms with E-state index in [4.69, 9.17) is 21.3 Å². The maximum atomic E-state index is 5.98. The lowest BCUT2D eigenvalue weighted by Gasteiger charge is -2.26. The summed E-state index contributed by atoms with van der Waals surface area (Å²) < 4.78 is 7.16. The molecule has 4 heterocycles. The lowest BCUT2D eigenvalue weighted by atomic mass is 10.2. The number of ether oxygens (including phenoxy) is 1. The van der Waals surface area contributed by atoms with Gasteiger partial charge >= 0.3 is 0 Å². The van der Waals surface area contributed by atoms with Crippen LogP contribution < -0.4 is 4.90 Å². The molecule has 0 aliphatic carbocycles. The van der Waals surface area contributed by atoms with Crippen LogP contribution in [0.4, 0.5) is 5.95 Å². The van der Waals surface area contributed by atoms with Crippen LogP contribution >= 0.6 is 11.6 Å². The fourth-order valence-corrected chi connectivity index (χ4v) is 3.46. The quantitative estimate of drug-likeness (QED) is 0.516. The molecule has 0 bridgehead atoms. The first-order chi connectivity index (χ1) is 14.2. The second kappa shape index (κ2) is 7.38. The molecule has 0 spiro atoms. The van der Waals surface area contributed by atoms with E-state index in [0.29, 0.717) is 35.8 Å². The number of aryl methyl sites for hydroxylation is 1. The van der Waals surface area contributed by atoms with Crippen molar-refractivity contribution < 1.29 is 4.74 Å². The van der Waals surface area contributed by atoms with Crippen LogP contribution in [0, 0.1) is 6.92 Å². The molecule has 0 atom stereocenters. The van der Waals surface area contributed by atoms with Crippen molar-refractivity contribution >= 4 is 23.3 Å². The molecule has 0 amide bonds. The van der Waals surface area contributed by atoms with Gasteiger partial charge in [0.2, 0.25) is 5.95 Å². The monoisotopic (exact) mass is 407 g/mol. The van der Waals surface area contributed by atoms with Gasteiger partial charge in [0.15, 0.2) is 5.82 Å². The maximum absolute atomic E-state index is 5.98. The molecule has 1 aliphatic rings. The molecule has 0 unspecified atom stereocenters. The van der Waals surface area contributed by atoms with Gasteiger partial charge in [0.05, 0.1) is 24.6 Å². The van der Waals surface area contributed by atoms with Crippen LogP contribution in [-0.2, 0) is 4.74 Å². The number of nitrogens with zero attached hydrogens (tertiary/aromatic N) is 7. The molecule has 29 heavy (non-hydrogen) atoms. The summed E-state index contributed by atoms with van der Waals surface area (Å²) >= 11 is 5.98. The number of anilines is 1. The molecule has 3 aromatic heterocycles. The average molecular weight is 408 g/mol. The SMILES string of the molecule is Cc1c(-c2ccnc(N3CCOCC3)n2)cnc2nc(-c3ccc(Cl)cc3)nn12. The normalized spacial score (nSPS) is 14.5. The van der Waals surface area contributed by atoms with E-state index in [1.54, 1.807) is 16.9 Å². The van der Waals surface area contributed by atoms with Crippen molar-refractivity contribution in [3.05, 3.63) is 53.4 Å². The van der Waals surface area contributed by atoms with Gasteiger partial charge in [-0.1, -0.05) is 11.6 Å². The van der Waals surface area contributed by atoms with Gasteiger partial charge in [-0.25, -0.2) is 19.5 Å². The topological polar surface area (TPSA) is 81.3 Å². The Labute approximate surface area is 172 Å². The molecule has 4 aromatic rings. The van der Waals surface area contributed by atoms with Crippen LogP contribution in [0.2, 0.25) is 5.02 Å². The Bertz CT molecular complexity index is 1170. The number of hydrogen-bond acceptors (Lipinski definition) is 7. The van der Waals surface area contributed by atoms with Crippen LogP contribution in [0.1, 0.15) is 5.69 Å². The lowest BCUT2D eigenvalue weighted by Crippen LogP contribution is -2.37. The number of morpholine rings is 1. The largest absolute Gasteiger partial charge is 0.378 e. The van der Waals surface area contributed by atoms with Crippen LogP contribution in [0.15, 0.2) is 42.7 Å². The molecule has 1 saturated heterocycles. The van der Waals surface area contributed by atoms with E-state index in [0.717, 1.165) is 35.6 Å². The second-order valence-electron chi connectivity index (χ2n) is 6.75. The third kappa shape index (κ3) is 3.41. The van der Waals surface area contributed by atoms with Crippen molar-refractivity contribution in [3.8, 4) is 22.6 Å². The smallest absolute Gasteiger partial charge is 0.252 e. The van der Waals surface area contributed by atoms with Gasteiger partial charge in [0.25, 0.3) is 5.78 Å². The molecular weight excluding hydrogens is 390 g/mol. The molecule has 1 aromatic carbocycles. The first kappa shape index (κ1) is 18.0. The van der Waals surface area contributed by atoms with E-state index in [9.17, 15) is 0 Å². The summed E-state index contributed by atoms with van der Waals surface area (Å²) in [5.74, 6) is 1.84. The third-order valence-electron chi connectivity index (χ3n) is 4.92. The Kier molecular flexibility index (Phi) is 4.57. The molecule has 146 valence electrons. The van der Waals surface area contributed by atoms with Crippen molar-refractivity contribution in [2.45, 2.75) is 6.92 Å². The fourth-order valence-electron chi connectivity index (χ4n) is 3.33. The summed E-state index contributed by atoms with van der Waals surface area (Å²) in [7, 11) is 0. The van der Waals surface area contributed by atoms with Crippen LogP contribution in [-0.4, -0.2) is 55.9 Å². The Balaban J connectivity index is 1.54. The van der Waals surface area contributed by atoms with Crippen molar-refractivity contribution in [3.63, 3.8) is 0 Å².